The fourth-order valence-corrected chi connectivity index (χ4v) is 4.19. The molecule has 0 unspecified atom stereocenters. The molecule has 1 aromatic carbocycles. The molecule has 2 atom stereocenters. The van der Waals surface area contributed by atoms with E-state index >= 15 is 0 Å². The molecule has 1 fully saturated rings. The first-order valence-electron chi connectivity index (χ1n) is 11.4. The zero-order valence-electron chi connectivity index (χ0n) is 19.7. The zero-order chi connectivity index (χ0) is 24.9. The van der Waals surface area contributed by atoms with Gasteiger partial charge in [0.1, 0.15) is 17.3 Å². The van der Waals surface area contributed by atoms with Crippen LogP contribution in [0.1, 0.15) is 36.0 Å². The fraction of sp³-hybridized carbons (Fsp3) is 0.320. The van der Waals surface area contributed by atoms with E-state index in [4.69, 9.17) is 20.9 Å². The van der Waals surface area contributed by atoms with Crippen molar-refractivity contribution in [1.29, 1.82) is 0 Å². The molecule has 1 aliphatic carbocycles. The Morgan fingerprint density at radius 1 is 1.09 bits per heavy atom. The Kier molecular flexibility index (Phi) is 7.31. The Hall–Kier alpha value is -3.92. The first kappa shape index (κ1) is 24.2. The number of nitrogens with one attached hydrogen (secondary N) is 2. The van der Waals surface area contributed by atoms with Crippen molar-refractivity contribution in [3.8, 4) is 22.8 Å². The number of carbonyl (C=O) groups excluding carboxylic acids is 1. The summed E-state index contributed by atoms with van der Waals surface area (Å²) in [7, 11) is 3.14. The van der Waals surface area contributed by atoms with Gasteiger partial charge in [-0.1, -0.05) is 12.8 Å². The smallest absolute Gasteiger partial charge is 0.252 e. The van der Waals surface area contributed by atoms with E-state index in [1.54, 1.807) is 44.7 Å². The van der Waals surface area contributed by atoms with Crippen LogP contribution < -0.4 is 31.6 Å². The Balaban J connectivity index is 1.66. The van der Waals surface area contributed by atoms with Gasteiger partial charge in [0.05, 0.1) is 25.5 Å². The maximum Gasteiger partial charge on any atom is 0.252 e. The quantitative estimate of drug-likeness (QED) is 0.382. The van der Waals surface area contributed by atoms with Crippen molar-refractivity contribution in [3.05, 3.63) is 54.0 Å². The number of pyridine rings is 2. The van der Waals surface area contributed by atoms with Crippen LogP contribution in [0.4, 0.5) is 21.7 Å². The minimum atomic E-state index is -0.800. The first-order chi connectivity index (χ1) is 16.9. The van der Waals surface area contributed by atoms with E-state index < -0.39 is 11.7 Å². The van der Waals surface area contributed by atoms with Gasteiger partial charge >= 0.3 is 0 Å². The fourth-order valence-electron chi connectivity index (χ4n) is 4.19. The van der Waals surface area contributed by atoms with Gasteiger partial charge in [0, 0.05) is 35.6 Å². The number of hydrogen-bond acceptors (Lipinski definition) is 8. The van der Waals surface area contributed by atoms with E-state index in [0.29, 0.717) is 22.9 Å². The second-order valence-corrected chi connectivity index (χ2v) is 8.40. The number of halogens is 1. The summed E-state index contributed by atoms with van der Waals surface area (Å²) in [5, 5.41) is 6.20. The third-order valence-corrected chi connectivity index (χ3v) is 6.09. The molecule has 1 amide bonds. The molecule has 3 aromatic rings. The van der Waals surface area contributed by atoms with Gasteiger partial charge in [-0.3, -0.25) is 9.78 Å². The van der Waals surface area contributed by atoms with Crippen molar-refractivity contribution in [2.24, 2.45) is 11.5 Å². The summed E-state index contributed by atoms with van der Waals surface area (Å²) in [6, 6.07) is 9.77. The number of amides is 1. The van der Waals surface area contributed by atoms with E-state index in [1.807, 2.05) is 6.07 Å². The molecule has 0 bridgehead atoms. The van der Waals surface area contributed by atoms with Crippen LogP contribution in [0.15, 0.2) is 42.6 Å². The molecule has 10 heteroatoms. The molecule has 0 spiro atoms. The van der Waals surface area contributed by atoms with Crippen LogP contribution in [0.5, 0.6) is 11.5 Å². The minimum Gasteiger partial charge on any atom is -0.497 e. The SMILES string of the molecule is COc1ccc(-c2cc(Nc3nc(N[C@@H]4CCCC[C@@H]4N)c(F)cc3C(N)=O)ccn2)c(OC)c1. The van der Waals surface area contributed by atoms with E-state index in [2.05, 4.69) is 20.6 Å². The van der Waals surface area contributed by atoms with Crippen molar-refractivity contribution >= 4 is 23.2 Å². The number of aromatic nitrogens is 2. The van der Waals surface area contributed by atoms with Gasteiger partial charge in [-0.25, -0.2) is 9.37 Å². The number of nitrogens with zero attached hydrogens (tertiary/aromatic N) is 2. The standard InChI is InChI=1S/C25H29FN6O3/c1-34-15-7-8-16(22(12-15)35-2)21-11-14(9-10-29-21)30-24-17(23(28)33)13-18(26)25(32-24)31-20-6-4-3-5-19(20)27/h7-13,19-20H,3-6,27H2,1-2H3,(H2,28,33)(H2,29,30,31,32)/t19-,20+/m0/s1. The second-order valence-electron chi connectivity index (χ2n) is 8.40. The maximum atomic E-state index is 14.8. The number of primary amides is 1. The molecule has 9 nitrogen and oxygen atoms in total. The molecule has 1 aliphatic rings. The summed E-state index contributed by atoms with van der Waals surface area (Å²) in [6.45, 7) is 0. The Labute approximate surface area is 203 Å². The molecule has 2 aromatic heterocycles. The predicted octanol–water partition coefficient (Wildman–Crippen LogP) is 3.82. The molecule has 1 saturated carbocycles. The van der Waals surface area contributed by atoms with E-state index in [9.17, 15) is 9.18 Å². The average molecular weight is 481 g/mol. The lowest BCUT2D eigenvalue weighted by Gasteiger charge is -2.30. The highest BCUT2D eigenvalue weighted by Gasteiger charge is 2.24. The number of hydrogen-bond donors (Lipinski definition) is 4. The lowest BCUT2D eigenvalue weighted by atomic mass is 9.91. The third kappa shape index (κ3) is 5.43. The Bertz CT molecular complexity index is 1220. The van der Waals surface area contributed by atoms with Gasteiger partial charge in [-0.05, 0) is 43.2 Å². The van der Waals surface area contributed by atoms with Crippen molar-refractivity contribution < 1.29 is 18.7 Å². The molecule has 0 radical (unpaired) electrons. The second kappa shape index (κ2) is 10.6. The Morgan fingerprint density at radius 2 is 1.89 bits per heavy atom. The molecular weight excluding hydrogens is 451 g/mol. The van der Waals surface area contributed by atoms with Crippen LogP contribution in [-0.2, 0) is 0 Å². The summed E-state index contributed by atoms with van der Waals surface area (Å²) in [4.78, 5) is 20.8. The van der Waals surface area contributed by atoms with Crippen LogP contribution >= 0.6 is 0 Å². The van der Waals surface area contributed by atoms with Crippen molar-refractivity contribution in [1.82, 2.24) is 9.97 Å². The highest BCUT2D eigenvalue weighted by molar-refractivity contribution is 5.98. The summed E-state index contributed by atoms with van der Waals surface area (Å²) >= 11 is 0. The lowest BCUT2D eigenvalue weighted by molar-refractivity contribution is 0.100. The third-order valence-electron chi connectivity index (χ3n) is 6.09. The zero-order valence-corrected chi connectivity index (χ0v) is 19.7. The molecule has 0 aliphatic heterocycles. The highest BCUT2D eigenvalue weighted by Crippen LogP contribution is 2.34. The van der Waals surface area contributed by atoms with Gasteiger partial charge in [0.2, 0.25) is 0 Å². The molecular formula is C25H29FN6O3. The molecule has 4 rings (SSSR count). The minimum absolute atomic E-state index is 0.0194. The molecule has 35 heavy (non-hydrogen) atoms. The van der Waals surface area contributed by atoms with Crippen LogP contribution in [0.2, 0.25) is 0 Å². The Morgan fingerprint density at radius 3 is 2.60 bits per heavy atom. The van der Waals surface area contributed by atoms with Crippen LogP contribution in [-0.4, -0.2) is 42.2 Å². The summed E-state index contributed by atoms with van der Waals surface area (Å²) in [6.07, 6.45) is 5.34. The lowest BCUT2D eigenvalue weighted by Crippen LogP contribution is -2.43. The van der Waals surface area contributed by atoms with E-state index in [-0.39, 0.29) is 29.3 Å². The monoisotopic (exact) mass is 480 g/mol. The highest BCUT2D eigenvalue weighted by atomic mass is 19.1. The average Bonchev–Trinajstić information content (AvgIpc) is 2.86. The van der Waals surface area contributed by atoms with Crippen LogP contribution in [0.25, 0.3) is 11.3 Å². The number of anilines is 3. The van der Waals surface area contributed by atoms with Crippen LogP contribution in [0.3, 0.4) is 0 Å². The molecule has 2 heterocycles. The largest absolute Gasteiger partial charge is 0.497 e. The van der Waals surface area contributed by atoms with Crippen LogP contribution in [0, 0.1) is 5.82 Å². The normalized spacial score (nSPS) is 17.5. The van der Waals surface area contributed by atoms with Gasteiger partial charge in [-0.15, -0.1) is 0 Å². The van der Waals surface area contributed by atoms with Gasteiger partial charge in [0.15, 0.2) is 11.6 Å². The summed E-state index contributed by atoms with van der Waals surface area (Å²) < 4.78 is 25.6. The van der Waals surface area contributed by atoms with Gasteiger partial charge < -0.3 is 31.6 Å². The molecule has 184 valence electrons. The van der Waals surface area contributed by atoms with E-state index in [1.165, 1.54) is 0 Å². The summed E-state index contributed by atoms with van der Waals surface area (Å²) in [5.74, 6) is -0.0803. The van der Waals surface area contributed by atoms with Crippen molar-refractivity contribution in [3.63, 3.8) is 0 Å². The maximum absolute atomic E-state index is 14.8. The number of methoxy groups -OCH3 is 2. The topological polar surface area (TPSA) is 137 Å². The summed E-state index contributed by atoms with van der Waals surface area (Å²) in [5.41, 5.74) is 13.6. The molecule has 0 saturated heterocycles. The van der Waals surface area contributed by atoms with Gasteiger partial charge in [-0.2, -0.15) is 0 Å². The van der Waals surface area contributed by atoms with Gasteiger partial charge in [0.25, 0.3) is 5.91 Å². The van der Waals surface area contributed by atoms with Crippen molar-refractivity contribution in [2.75, 3.05) is 24.9 Å². The number of rotatable bonds is 8. The number of ether oxygens (including phenoxy) is 2. The number of nitrogens with two attached hydrogens (primary N) is 2. The first-order valence-corrected chi connectivity index (χ1v) is 11.4. The number of benzene rings is 1. The van der Waals surface area contributed by atoms with E-state index in [0.717, 1.165) is 37.3 Å². The predicted molar refractivity (Wildman–Crippen MR) is 133 cm³/mol. The number of carbonyl (C=O) groups is 1. The van der Waals surface area contributed by atoms with Crippen molar-refractivity contribution in [2.45, 2.75) is 37.8 Å². The molecule has 6 N–H and O–H groups in total.